The van der Waals surface area contributed by atoms with Gasteiger partial charge in [-0.15, -0.1) is 0 Å². The summed E-state index contributed by atoms with van der Waals surface area (Å²) in [6, 6.07) is 11.1. The molecule has 3 nitrogen and oxygen atoms in total. The Labute approximate surface area is 107 Å². The third-order valence-electron chi connectivity index (χ3n) is 2.93. The molecule has 0 aliphatic carbocycles. The quantitative estimate of drug-likeness (QED) is 0.899. The van der Waals surface area contributed by atoms with Gasteiger partial charge in [0.1, 0.15) is 17.2 Å². The molecule has 2 aromatic carbocycles. The van der Waals surface area contributed by atoms with Crippen molar-refractivity contribution >= 4 is 0 Å². The van der Waals surface area contributed by atoms with Crippen LogP contribution in [0.5, 0.6) is 17.2 Å². The lowest BCUT2D eigenvalue weighted by molar-refractivity contribution is 0.397. The molecule has 0 atom stereocenters. The largest absolute Gasteiger partial charge is 0.508 e. The minimum Gasteiger partial charge on any atom is -0.508 e. The van der Waals surface area contributed by atoms with Gasteiger partial charge in [-0.1, -0.05) is 18.2 Å². The van der Waals surface area contributed by atoms with E-state index in [1.165, 1.54) is 0 Å². The number of ether oxygens (including phenoxy) is 2. The molecule has 0 radical (unpaired) electrons. The van der Waals surface area contributed by atoms with Crippen LogP contribution in [0.25, 0.3) is 11.1 Å². The Bertz CT molecular complexity index is 539. The highest BCUT2D eigenvalue weighted by atomic mass is 16.5. The molecule has 0 amide bonds. The fourth-order valence-corrected chi connectivity index (χ4v) is 1.90. The van der Waals surface area contributed by atoms with Crippen LogP contribution < -0.4 is 9.47 Å². The van der Waals surface area contributed by atoms with E-state index in [1.54, 1.807) is 20.3 Å². The summed E-state index contributed by atoms with van der Waals surface area (Å²) in [6.07, 6.45) is 0. The van der Waals surface area contributed by atoms with Gasteiger partial charge in [-0.05, 0) is 36.2 Å². The predicted octanol–water partition coefficient (Wildman–Crippen LogP) is 3.38. The van der Waals surface area contributed by atoms with E-state index in [-0.39, 0.29) is 5.75 Å². The van der Waals surface area contributed by atoms with Crippen molar-refractivity contribution in [2.45, 2.75) is 6.92 Å². The molecule has 94 valence electrons. The van der Waals surface area contributed by atoms with Crippen molar-refractivity contribution in [2.75, 3.05) is 14.2 Å². The first-order valence-corrected chi connectivity index (χ1v) is 5.68. The first kappa shape index (κ1) is 12.3. The topological polar surface area (TPSA) is 38.7 Å². The normalized spacial score (nSPS) is 10.2. The van der Waals surface area contributed by atoms with Crippen molar-refractivity contribution in [3.05, 3.63) is 42.0 Å². The molecule has 0 saturated heterocycles. The van der Waals surface area contributed by atoms with E-state index in [0.717, 1.165) is 28.2 Å². The van der Waals surface area contributed by atoms with Crippen molar-refractivity contribution < 1.29 is 14.6 Å². The average Bonchev–Trinajstić information content (AvgIpc) is 2.41. The van der Waals surface area contributed by atoms with Crippen LogP contribution in [0.1, 0.15) is 5.56 Å². The minimum absolute atomic E-state index is 0.264. The highest BCUT2D eigenvalue weighted by Gasteiger charge is 2.13. The van der Waals surface area contributed by atoms with Gasteiger partial charge in [-0.2, -0.15) is 0 Å². The second-order valence-electron chi connectivity index (χ2n) is 4.04. The van der Waals surface area contributed by atoms with Crippen LogP contribution in [0.15, 0.2) is 36.4 Å². The van der Waals surface area contributed by atoms with E-state index in [1.807, 2.05) is 37.3 Å². The van der Waals surface area contributed by atoms with E-state index in [4.69, 9.17) is 9.47 Å². The van der Waals surface area contributed by atoms with Gasteiger partial charge in [0.25, 0.3) is 0 Å². The summed E-state index contributed by atoms with van der Waals surface area (Å²) in [4.78, 5) is 0. The molecule has 0 bridgehead atoms. The maximum atomic E-state index is 9.81. The van der Waals surface area contributed by atoms with Gasteiger partial charge in [-0.3, -0.25) is 0 Å². The van der Waals surface area contributed by atoms with Crippen LogP contribution in [0.2, 0.25) is 0 Å². The number of hydrogen-bond donors (Lipinski definition) is 1. The molecule has 0 heterocycles. The number of phenols is 1. The number of phenolic OH excluding ortho intramolecular Hbond substituents is 1. The summed E-state index contributed by atoms with van der Waals surface area (Å²) in [7, 11) is 3.23. The second kappa shape index (κ2) is 5.00. The van der Waals surface area contributed by atoms with Gasteiger partial charge < -0.3 is 14.6 Å². The first-order valence-electron chi connectivity index (χ1n) is 5.68. The lowest BCUT2D eigenvalue weighted by Crippen LogP contribution is -1.93. The summed E-state index contributed by atoms with van der Waals surface area (Å²) < 4.78 is 10.7. The Hall–Kier alpha value is -2.16. The first-order chi connectivity index (χ1) is 8.67. The standard InChI is InChI=1S/C15H16O3/c1-10-7-8-11(9-12(10)16)15-13(17-2)5-4-6-14(15)18-3/h4-9,16H,1-3H3. The van der Waals surface area contributed by atoms with Gasteiger partial charge in [0.15, 0.2) is 0 Å². The van der Waals surface area contributed by atoms with Crippen molar-refractivity contribution in [3.63, 3.8) is 0 Å². The average molecular weight is 244 g/mol. The number of hydrogen-bond acceptors (Lipinski definition) is 3. The Morgan fingerprint density at radius 3 is 2.06 bits per heavy atom. The molecule has 0 unspecified atom stereocenters. The fraction of sp³-hybridized carbons (Fsp3) is 0.200. The monoisotopic (exact) mass is 244 g/mol. The zero-order chi connectivity index (χ0) is 13.1. The van der Waals surface area contributed by atoms with E-state index in [0.29, 0.717) is 0 Å². The molecule has 0 aromatic heterocycles. The summed E-state index contributed by atoms with van der Waals surface area (Å²) in [5, 5.41) is 9.81. The third kappa shape index (κ3) is 2.12. The molecular weight excluding hydrogens is 228 g/mol. The van der Waals surface area contributed by atoms with Crippen molar-refractivity contribution in [1.82, 2.24) is 0 Å². The third-order valence-corrected chi connectivity index (χ3v) is 2.93. The maximum absolute atomic E-state index is 9.81. The molecule has 0 spiro atoms. The van der Waals surface area contributed by atoms with E-state index in [9.17, 15) is 5.11 Å². The minimum atomic E-state index is 0.264. The van der Waals surface area contributed by atoms with Crippen LogP contribution in [0, 0.1) is 6.92 Å². The fourth-order valence-electron chi connectivity index (χ4n) is 1.90. The summed E-state index contributed by atoms with van der Waals surface area (Å²) in [6.45, 7) is 1.86. The van der Waals surface area contributed by atoms with Crippen molar-refractivity contribution in [2.24, 2.45) is 0 Å². The predicted molar refractivity (Wildman–Crippen MR) is 71.4 cm³/mol. The van der Waals surface area contributed by atoms with E-state index < -0.39 is 0 Å². The van der Waals surface area contributed by atoms with Crippen LogP contribution in [0.3, 0.4) is 0 Å². The van der Waals surface area contributed by atoms with Gasteiger partial charge in [0.2, 0.25) is 0 Å². The van der Waals surface area contributed by atoms with Crippen molar-refractivity contribution in [3.8, 4) is 28.4 Å². The van der Waals surface area contributed by atoms with Crippen LogP contribution in [-0.2, 0) is 0 Å². The molecule has 2 aromatic rings. The van der Waals surface area contributed by atoms with Gasteiger partial charge in [0, 0.05) is 0 Å². The molecule has 0 saturated carbocycles. The Morgan fingerprint density at radius 1 is 0.944 bits per heavy atom. The van der Waals surface area contributed by atoms with E-state index in [2.05, 4.69) is 0 Å². The molecule has 1 N–H and O–H groups in total. The highest BCUT2D eigenvalue weighted by molar-refractivity contribution is 5.78. The zero-order valence-electron chi connectivity index (χ0n) is 10.7. The summed E-state index contributed by atoms with van der Waals surface area (Å²) in [5.41, 5.74) is 2.55. The lowest BCUT2D eigenvalue weighted by Gasteiger charge is -2.13. The molecule has 18 heavy (non-hydrogen) atoms. The molecule has 0 aliphatic heterocycles. The molecule has 0 aliphatic rings. The molecule has 3 heteroatoms. The summed E-state index contributed by atoms with van der Waals surface area (Å²) in [5.74, 6) is 1.70. The number of aromatic hydroxyl groups is 1. The Morgan fingerprint density at radius 2 is 1.56 bits per heavy atom. The number of rotatable bonds is 3. The Balaban J connectivity index is 2.64. The van der Waals surface area contributed by atoms with Gasteiger partial charge in [-0.25, -0.2) is 0 Å². The number of benzene rings is 2. The molecule has 0 fully saturated rings. The highest BCUT2D eigenvalue weighted by Crippen LogP contribution is 2.39. The van der Waals surface area contributed by atoms with Crippen LogP contribution in [0.4, 0.5) is 0 Å². The van der Waals surface area contributed by atoms with Gasteiger partial charge in [0.05, 0.1) is 19.8 Å². The van der Waals surface area contributed by atoms with Gasteiger partial charge >= 0.3 is 0 Å². The summed E-state index contributed by atoms with van der Waals surface area (Å²) >= 11 is 0. The lowest BCUT2D eigenvalue weighted by atomic mass is 10.0. The zero-order valence-corrected chi connectivity index (χ0v) is 10.7. The molecule has 2 rings (SSSR count). The second-order valence-corrected chi connectivity index (χ2v) is 4.04. The SMILES string of the molecule is COc1cccc(OC)c1-c1ccc(C)c(O)c1. The number of methoxy groups -OCH3 is 2. The molecular formula is C15H16O3. The number of aryl methyl sites for hydroxylation is 1. The van der Waals surface area contributed by atoms with E-state index >= 15 is 0 Å². The maximum Gasteiger partial charge on any atom is 0.130 e. The smallest absolute Gasteiger partial charge is 0.130 e. The van der Waals surface area contributed by atoms with Crippen LogP contribution in [-0.4, -0.2) is 19.3 Å². The Kier molecular flexibility index (Phi) is 3.42. The van der Waals surface area contributed by atoms with Crippen molar-refractivity contribution in [1.29, 1.82) is 0 Å². The van der Waals surface area contributed by atoms with Crippen LogP contribution >= 0.6 is 0 Å².